The molecule has 0 N–H and O–H groups in total. The molecule has 1 rings (SSSR count). The van der Waals surface area contributed by atoms with Crippen molar-refractivity contribution < 1.29 is 6.63 Å². The zero-order valence-electron chi connectivity index (χ0n) is 5.91. The molecule has 4 heteroatoms. The van der Waals surface area contributed by atoms with Gasteiger partial charge in [0.1, 0.15) is 0 Å². The molecule has 0 heterocycles. The van der Waals surface area contributed by atoms with Crippen molar-refractivity contribution in [2.24, 2.45) is 0 Å². The largest absolute Gasteiger partial charge is 0.709 e. The van der Waals surface area contributed by atoms with Gasteiger partial charge in [-0.05, 0) is 12.1 Å². The number of hydrogen-bond donors (Lipinski definition) is 0. The predicted octanol–water partition coefficient (Wildman–Crippen LogP) is -0.103. The molecule has 0 amide bonds. The van der Waals surface area contributed by atoms with Gasteiger partial charge in [-0.3, -0.25) is 0 Å². The Balaban J connectivity index is 2.43. The summed E-state index contributed by atoms with van der Waals surface area (Å²) in [5, 5.41) is 0. The summed E-state index contributed by atoms with van der Waals surface area (Å²) in [6.45, 7) is 0. The van der Waals surface area contributed by atoms with Crippen LogP contribution in [0.25, 0.3) is 0 Å². The van der Waals surface area contributed by atoms with Gasteiger partial charge in [-0.15, -0.1) is 0 Å². The molecular formula is C6H8Al2O2. The monoisotopic (exact) mass is 166 g/mol. The van der Waals surface area contributed by atoms with Crippen LogP contribution in [-0.4, -0.2) is 32.5 Å². The van der Waals surface area contributed by atoms with Crippen molar-refractivity contribution >= 4 is 32.5 Å². The Hall–Kier alpha value is 0.0449. The van der Waals surface area contributed by atoms with Crippen molar-refractivity contribution in [3.05, 3.63) is 30.3 Å². The van der Waals surface area contributed by atoms with Gasteiger partial charge in [0.15, 0.2) is 0 Å². The molecule has 0 aliphatic rings. The molecule has 0 fully saturated rings. The molecule has 50 valence electrons. The summed E-state index contributed by atoms with van der Waals surface area (Å²) in [6.07, 6.45) is 0. The maximum absolute atomic E-state index is 5.31. The average Bonchev–Trinajstić information content (AvgIpc) is 2.03. The van der Waals surface area contributed by atoms with Crippen molar-refractivity contribution in [2.45, 2.75) is 0 Å². The van der Waals surface area contributed by atoms with Crippen LogP contribution in [0.1, 0.15) is 0 Å². The van der Waals surface area contributed by atoms with E-state index < -0.39 is 15.9 Å². The Morgan fingerprint density at radius 1 is 1.20 bits per heavy atom. The van der Waals surface area contributed by atoms with Crippen LogP contribution in [0.4, 0.5) is 0 Å². The standard InChI is InChI=1S/C6H6O.2Al.O.3H/c7-6-4-2-1-3-5-6;;;;;;/h1-5,7H;;;;;;/q;;+1;;;;/p-1. The Morgan fingerprint density at radius 3 is 2.50 bits per heavy atom. The van der Waals surface area contributed by atoms with E-state index in [4.69, 9.17) is 6.63 Å². The van der Waals surface area contributed by atoms with E-state index in [0.29, 0.717) is 0 Å². The molecule has 0 unspecified atom stereocenters. The summed E-state index contributed by atoms with van der Waals surface area (Å²) < 4.78 is 10.3. The summed E-state index contributed by atoms with van der Waals surface area (Å²) in [4.78, 5) is 0. The Bertz CT molecular complexity index is 178. The summed E-state index contributed by atoms with van der Waals surface area (Å²) in [7, 11) is 0. The molecule has 1 aromatic carbocycles. The topological polar surface area (TPSA) is 18.5 Å². The second-order valence-corrected chi connectivity index (χ2v) is 4.70. The number of para-hydroxylation sites is 1. The first kappa shape index (κ1) is 8.14. The lowest BCUT2D eigenvalue weighted by molar-refractivity contribution is 0.483. The van der Waals surface area contributed by atoms with E-state index in [9.17, 15) is 0 Å². The molecule has 0 saturated carbocycles. The fraction of sp³-hybridized carbons (Fsp3) is 0. The van der Waals surface area contributed by atoms with E-state index in [1.165, 1.54) is 0 Å². The molecule has 0 bridgehead atoms. The predicted molar refractivity (Wildman–Crippen MR) is 43.8 cm³/mol. The van der Waals surface area contributed by atoms with Crippen molar-refractivity contribution in [3.63, 3.8) is 0 Å². The minimum Gasteiger partial charge on any atom is -0.625 e. The summed E-state index contributed by atoms with van der Waals surface area (Å²) in [6, 6.07) is 9.75. The van der Waals surface area contributed by atoms with Gasteiger partial charge in [0.05, 0.1) is 5.75 Å². The Kier molecular flexibility index (Phi) is 3.91. The molecule has 10 heavy (non-hydrogen) atoms. The highest BCUT2D eigenvalue weighted by molar-refractivity contribution is 6.28. The first-order valence-electron chi connectivity index (χ1n) is 3.10. The molecule has 0 aromatic heterocycles. The number of benzene rings is 1. The average molecular weight is 166 g/mol. The van der Waals surface area contributed by atoms with E-state index in [-0.39, 0.29) is 0 Å². The van der Waals surface area contributed by atoms with E-state index >= 15 is 0 Å². The fourth-order valence-electron chi connectivity index (χ4n) is 0.644. The maximum Gasteiger partial charge on any atom is 0.709 e. The second-order valence-electron chi connectivity index (χ2n) is 1.86. The van der Waals surface area contributed by atoms with Crippen LogP contribution in [0, 0.1) is 0 Å². The van der Waals surface area contributed by atoms with E-state index in [1.54, 1.807) is 0 Å². The van der Waals surface area contributed by atoms with Crippen LogP contribution in [0.3, 0.4) is 0 Å². The van der Waals surface area contributed by atoms with Gasteiger partial charge < -0.3 is 6.63 Å². The molecule has 1 aromatic rings. The first-order chi connectivity index (χ1) is 4.93. The van der Waals surface area contributed by atoms with E-state index in [0.717, 1.165) is 22.4 Å². The van der Waals surface area contributed by atoms with Gasteiger partial charge in [-0.1, -0.05) is 18.2 Å². The van der Waals surface area contributed by atoms with E-state index in [1.807, 2.05) is 30.3 Å². The van der Waals surface area contributed by atoms with Crippen molar-refractivity contribution in [3.8, 4) is 5.75 Å². The van der Waals surface area contributed by atoms with Gasteiger partial charge in [-0.2, -0.15) is 0 Å². The SMILES string of the molecule is [AlH2][O][AlH][O]c1ccccc1. The van der Waals surface area contributed by atoms with Crippen LogP contribution >= 0.6 is 0 Å². The quantitative estimate of drug-likeness (QED) is 0.583. The zero-order chi connectivity index (χ0) is 7.23. The van der Waals surface area contributed by atoms with Crippen LogP contribution in [-0.2, 0) is 2.84 Å². The first-order valence-corrected chi connectivity index (χ1v) is 5.07. The normalized spacial score (nSPS) is 8.80. The highest BCUT2D eigenvalue weighted by Crippen LogP contribution is 2.06. The lowest BCUT2D eigenvalue weighted by Crippen LogP contribution is -2.04. The molecular weight excluding hydrogens is 158 g/mol. The third-order valence-corrected chi connectivity index (χ3v) is 2.48. The molecule has 0 aliphatic carbocycles. The third kappa shape index (κ3) is 2.75. The van der Waals surface area contributed by atoms with Crippen molar-refractivity contribution in [1.29, 1.82) is 0 Å². The van der Waals surface area contributed by atoms with E-state index in [2.05, 4.69) is 0 Å². The zero-order valence-corrected chi connectivity index (χ0v) is 9.32. The lowest BCUT2D eigenvalue weighted by Gasteiger charge is -2.03. The summed E-state index contributed by atoms with van der Waals surface area (Å²) in [5.41, 5.74) is 0. The molecule has 2 nitrogen and oxygen atoms in total. The van der Waals surface area contributed by atoms with Gasteiger partial charge in [0.25, 0.3) is 0 Å². The highest BCUT2D eigenvalue weighted by atomic mass is 27.2. The second kappa shape index (κ2) is 4.80. The van der Waals surface area contributed by atoms with Crippen LogP contribution in [0.5, 0.6) is 5.75 Å². The summed E-state index contributed by atoms with van der Waals surface area (Å²) >= 11 is 0.0717. The van der Waals surface area contributed by atoms with Gasteiger partial charge in [-0.25, -0.2) is 0 Å². The lowest BCUT2D eigenvalue weighted by atomic mass is 10.3. The van der Waals surface area contributed by atoms with Crippen molar-refractivity contribution in [1.82, 2.24) is 0 Å². The summed E-state index contributed by atoms with van der Waals surface area (Å²) in [5.74, 6) is 0.921. The number of hydrogen-bond acceptors (Lipinski definition) is 2. The smallest absolute Gasteiger partial charge is 0.625 e. The highest BCUT2D eigenvalue weighted by Gasteiger charge is 1.93. The van der Waals surface area contributed by atoms with Crippen molar-refractivity contribution in [2.75, 3.05) is 0 Å². The minimum atomic E-state index is -0.715. The van der Waals surface area contributed by atoms with Crippen LogP contribution in [0.2, 0.25) is 0 Å². The molecule has 0 radical (unpaired) electrons. The minimum absolute atomic E-state index is 0.715. The van der Waals surface area contributed by atoms with Gasteiger partial charge in [0.2, 0.25) is 0 Å². The molecule has 0 saturated heterocycles. The fourth-order valence-corrected chi connectivity index (χ4v) is 1.44. The Morgan fingerprint density at radius 2 is 1.90 bits per heavy atom. The molecule has 0 atom stereocenters. The van der Waals surface area contributed by atoms with Gasteiger partial charge >= 0.3 is 32.5 Å². The maximum atomic E-state index is 5.31. The molecule has 0 spiro atoms. The molecule has 0 aliphatic heterocycles. The van der Waals surface area contributed by atoms with Crippen LogP contribution < -0.4 is 3.79 Å². The van der Waals surface area contributed by atoms with Crippen LogP contribution in [0.15, 0.2) is 30.3 Å². The number of rotatable bonds is 3. The Labute approximate surface area is 75.3 Å². The third-order valence-electron chi connectivity index (χ3n) is 1.09. The van der Waals surface area contributed by atoms with Gasteiger partial charge in [0, 0.05) is 0 Å².